The second-order valence-corrected chi connectivity index (χ2v) is 4.64. The molecule has 1 amide bonds. The smallest absolute Gasteiger partial charge is 0.325 e. The Morgan fingerprint density at radius 2 is 1.70 bits per heavy atom. The Labute approximate surface area is 133 Å². The monoisotopic (exact) mass is 317 g/mol. The van der Waals surface area contributed by atoms with Gasteiger partial charge >= 0.3 is 5.97 Å². The molecule has 1 N–H and O–H groups in total. The number of carbonyl (C=O) groups is 2. The lowest BCUT2D eigenvalue weighted by atomic mass is 10.2. The van der Waals surface area contributed by atoms with Crippen molar-refractivity contribution in [2.45, 2.75) is 6.61 Å². The van der Waals surface area contributed by atoms with Gasteiger partial charge in [-0.05, 0) is 17.7 Å². The first-order valence-electron chi connectivity index (χ1n) is 6.99. The molecule has 0 aromatic heterocycles. The molecule has 2 rings (SSSR count). The van der Waals surface area contributed by atoms with E-state index in [1.165, 1.54) is 18.2 Å². The topological polar surface area (TPSA) is 64.6 Å². The van der Waals surface area contributed by atoms with E-state index in [4.69, 9.17) is 9.47 Å². The van der Waals surface area contributed by atoms with Crippen LogP contribution in [0.25, 0.3) is 0 Å². The zero-order chi connectivity index (χ0) is 16.5. The van der Waals surface area contributed by atoms with Gasteiger partial charge in [-0.15, -0.1) is 0 Å². The van der Waals surface area contributed by atoms with E-state index in [0.717, 1.165) is 5.56 Å². The van der Waals surface area contributed by atoms with E-state index < -0.39 is 17.7 Å². The Morgan fingerprint density at radius 3 is 2.43 bits per heavy atom. The lowest BCUT2D eigenvalue weighted by molar-refractivity contribution is -0.145. The molecule has 0 spiro atoms. The Bertz CT molecular complexity index is 661. The molecule has 0 fully saturated rings. The van der Waals surface area contributed by atoms with Crippen LogP contribution >= 0.6 is 0 Å². The highest BCUT2D eigenvalue weighted by Gasteiger charge is 2.09. The fourth-order valence-electron chi connectivity index (χ4n) is 1.72. The van der Waals surface area contributed by atoms with E-state index >= 15 is 0 Å². The summed E-state index contributed by atoms with van der Waals surface area (Å²) in [5.41, 5.74) is 0.857. The fraction of sp³-hybridized carbons (Fsp3) is 0.176. The van der Waals surface area contributed by atoms with Crippen molar-refractivity contribution in [3.63, 3.8) is 0 Å². The number of halogens is 1. The number of nitrogens with one attached hydrogen (secondary N) is 1. The van der Waals surface area contributed by atoms with Gasteiger partial charge in [0.15, 0.2) is 18.2 Å². The summed E-state index contributed by atoms with van der Waals surface area (Å²) >= 11 is 0. The maximum absolute atomic E-state index is 13.3. The lowest BCUT2D eigenvalue weighted by Gasteiger charge is -2.08. The minimum absolute atomic E-state index is 0.0192. The van der Waals surface area contributed by atoms with Gasteiger partial charge in [0.25, 0.3) is 5.91 Å². The maximum atomic E-state index is 13.3. The molecule has 0 saturated heterocycles. The summed E-state index contributed by atoms with van der Waals surface area (Å²) < 4.78 is 23.3. The number of esters is 1. The normalized spacial score (nSPS) is 9.96. The van der Waals surface area contributed by atoms with Gasteiger partial charge in [-0.1, -0.05) is 42.5 Å². The standard InChI is InChI=1S/C17H16FNO4/c18-14-8-4-5-9-15(14)22-12-16(20)19-10-17(21)23-11-13-6-2-1-3-7-13/h1-9H,10-12H2,(H,19,20). The van der Waals surface area contributed by atoms with Crippen molar-refractivity contribution in [2.75, 3.05) is 13.2 Å². The highest BCUT2D eigenvalue weighted by atomic mass is 19.1. The first-order valence-corrected chi connectivity index (χ1v) is 6.99. The molecule has 0 radical (unpaired) electrons. The predicted octanol–water partition coefficient (Wildman–Crippen LogP) is 2.06. The van der Waals surface area contributed by atoms with Crippen molar-refractivity contribution in [3.8, 4) is 5.75 Å². The Balaban J connectivity index is 1.66. The van der Waals surface area contributed by atoms with Crippen molar-refractivity contribution in [2.24, 2.45) is 0 Å². The Kier molecular flexibility index (Phi) is 6.11. The lowest BCUT2D eigenvalue weighted by Crippen LogP contribution is -2.34. The van der Waals surface area contributed by atoms with Crippen LogP contribution < -0.4 is 10.1 Å². The van der Waals surface area contributed by atoms with E-state index in [1.807, 2.05) is 30.3 Å². The van der Waals surface area contributed by atoms with Crippen LogP contribution in [0.3, 0.4) is 0 Å². The molecule has 5 nitrogen and oxygen atoms in total. The first kappa shape index (κ1) is 16.5. The summed E-state index contributed by atoms with van der Waals surface area (Å²) in [7, 11) is 0. The fourth-order valence-corrected chi connectivity index (χ4v) is 1.72. The van der Waals surface area contributed by atoms with Crippen LogP contribution in [-0.2, 0) is 20.9 Å². The minimum atomic E-state index is -0.562. The van der Waals surface area contributed by atoms with E-state index in [0.29, 0.717) is 0 Å². The van der Waals surface area contributed by atoms with Gasteiger partial charge in [0.1, 0.15) is 13.2 Å². The number of amides is 1. The Morgan fingerprint density at radius 1 is 1.00 bits per heavy atom. The van der Waals surface area contributed by atoms with Crippen molar-refractivity contribution >= 4 is 11.9 Å². The van der Waals surface area contributed by atoms with Crippen LogP contribution in [0.2, 0.25) is 0 Å². The van der Waals surface area contributed by atoms with Crippen molar-refractivity contribution in [1.82, 2.24) is 5.32 Å². The summed E-state index contributed by atoms with van der Waals surface area (Å²) in [5.74, 6) is -1.67. The Hall–Kier alpha value is -2.89. The largest absolute Gasteiger partial charge is 0.481 e. The third kappa shape index (κ3) is 5.78. The molecule has 0 bridgehead atoms. The molecule has 0 atom stereocenters. The van der Waals surface area contributed by atoms with Crippen molar-refractivity contribution in [3.05, 3.63) is 66.0 Å². The van der Waals surface area contributed by atoms with E-state index in [9.17, 15) is 14.0 Å². The quantitative estimate of drug-likeness (QED) is 0.794. The molecule has 0 heterocycles. The third-order valence-corrected chi connectivity index (χ3v) is 2.87. The van der Waals surface area contributed by atoms with E-state index in [2.05, 4.69) is 5.32 Å². The SMILES string of the molecule is O=C(COc1ccccc1F)NCC(=O)OCc1ccccc1. The average Bonchev–Trinajstić information content (AvgIpc) is 2.58. The number of benzene rings is 2. The van der Waals surface area contributed by atoms with Gasteiger partial charge in [-0.25, -0.2) is 4.39 Å². The minimum Gasteiger partial charge on any atom is -0.481 e. The molecule has 2 aromatic carbocycles. The van der Waals surface area contributed by atoms with Gasteiger partial charge in [0, 0.05) is 0 Å². The van der Waals surface area contributed by atoms with E-state index in [1.54, 1.807) is 6.07 Å². The second kappa shape index (κ2) is 8.53. The molecule has 0 saturated carbocycles. The van der Waals surface area contributed by atoms with E-state index in [-0.39, 0.29) is 25.5 Å². The van der Waals surface area contributed by atoms with Crippen LogP contribution in [0.5, 0.6) is 5.75 Å². The molecular formula is C17H16FNO4. The highest BCUT2D eigenvalue weighted by Crippen LogP contribution is 2.14. The van der Waals surface area contributed by atoms with Crippen LogP contribution in [0, 0.1) is 5.82 Å². The van der Waals surface area contributed by atoms with Crippen LogP contribution in [0.1, 0.15) is 5.56 Å². The third-order valence-electron chi connectivity index (χ3n) is 2.87. The second-order valence-electron chi connectivity index (χ2n) is 4.64. The number of carbonyl (C=O) groups excluding carboxylic acids is 2. The summed E-state index contributed by atoms with van der Waals surface area (Å²) in [6.07, 6.45) is 0. The van der Waals surface area contributed by atoms with Gasteiger partial charge in [-0.2, -0.15) is 0 Å². The van der Waals surface area contributed by atoms with Gasteiger partial charge in [0.2, 0.25) is 0 Å². The molecule has 0 unspecified atom stereocenters. The molecular weight excluding hydrogens is 301 g/mol. The summed E-state index contributed by atoms with van der Waals surface area (Å²) in [6, 6.07) is 15.0. The predicted molar refractivity (Wildman–Crippen MR) is 81.1 cm³/mol. The van der Waals surface area contributed by atoms with Crippen LogP contribution in [-0.4, -0.2) is 25.0 Å². The number of rotatable bonds is 7. The number of hydrogen-bond acceptors (Lipinski definition) is 4. The van der Waals surface area contributed by atoms with Gasteiger partial charge in [0.05, 0.1) is 0 Å². The first-order chi connectivity index (χ1) is 11.1. The van der Waals surface area contributed by atoms with Crippen molar-refractivity contribution < 1.29 is 23.5 Å². The van der Waals surface area contributed by atoms with Gasteiger partial charge in [-0.3, -0.25) is 9.59 Å². The van der Waals surface area contributed by atoms with Gasteiger partial charge < -0.3 is 14.8 Å². The summed E-state index contributed by atoms with van der Waals surface area (Å²) in [5, 5.41) is 2.35. The zero-order valence-corrected chi connectivity index (χ0v) is 12.3. The molecule has 120 valence electrons. The zero-order valence-electron chi connectivity index (χ0n) is 12.3. The molecule has 6 heteroatoms. The molecule has 0 aliphatic rings. The van der Waals surface area contributed by atoms with Crippen LogP contribution in [0.15, 0.2) is 54.6 Å². The summed E-state index contributed by atoms with van der Waals surface area (Å²) in [6.45, 7) is -0.513. The van der Waals surface area contributed by atoms with Crippen LogP contribution in [0.4, 0.5) is 4.39 Å². The number of ether oxygens (including phenoxy) is 2. The molecule has 0 aliphatic heterocycles. The molecule has 23 heavy (non-hydrogen) atoms. The van der Waals surface area contributed by atoms with Crippen molar-refractivity contribution in [1.29, 1.82) is 0 Å². The maximum Gasteiger partial charge on any atom is 0.325 e. The summed E-state index contributed by atoms with van der Waals surface area (Å²) in [4.78, 5) is 23.1. The highest BCUT2D eigenvalue weighted by molar-refractivity contribution is 5.82. The number of para-hydroxylation sites is 1. The number of hydrogen-bond donors (Lipinski definition) is 1. The average molecular weight is 317 g/mol. The molecule has 0 aliphatic carbocycles. The molecule has 2 aromatic rings.